The van der Waals surface area contributed by atoms with Crippen LogP contribution in [0.2, 0.25) is 0 Å². The number of anilines is 2. The van der Waals surface area contributed by atoms with E-state index in [-0.39, 0.29) is 11.9 Å². The van der Waals surface area contributed by atoms with E-state index in [4.69, 9.17) is 5.73 Å². The van der Waals surface area contributed by atoms with Crippen molar-refractivity contribution in [3.05, 3.63) is 12.4 Å². The molecule has 0 radical (unpaired) electrons. The van der Waals surface area contributed by atoms with Gasteiger partial charge in [-0.15, -0.1) is 0 Å². The van der Waals surface area contributed by atoms with Crippen LogP contribution in [0.25, 0.3) is 0 Å². The van der Waals surface area contributed by atoms with Crippen molar-refractivity contribution in [2.24, 2.45) is 0 Å². The molecule has 0 aliphatic rings. The van der Waals surface area contributed by atoms with E-state index in [2.05, 4.69) is 20.6 Å². The van der Waals surface area contributed by atoms with E-state index in [1.807, 2.05) is 6.92 Å². The van der Waals surface area contributed by atoms with E-state index < -0.39 is 0 Å². The molecule has 15 heavy (non-hydrogen) atoms. The van der Waals surface area contributed by atoms with Crippen molar-refractivity contribution in [2.75, 3.05) is 17.6 Å². The number of carbonyl (C=O) groups is 1. The maximum atomic E-state index is 11.4. The van der Waals surface area contributed by atoms with Gasteiger partial charge in [-0.3, -0.25) is 9.78 Å². The molecule has 0 saturated carbocycles. The molecular weight excluding hydrogens is 194 g/mol. The third-order valence-electron chi connectivity index (χ3n) is 1.76. The van der Waals surface area contributed by atoms with Gasteiger partial charge in [0, 0.05) is 6.54 Å². The van der Waals surface area contributed by atoms with Crippen LogP contribution in [-0.2, 0) is 4.79 Å². The summed E-state index contributed by atoms with van der Waals surface area (Å²) in [5.74, 6) is 0.735. The summed E-state index contributed by atoms with van der Waals surface area (Å²) in [5.41, 5.74) is 5.45. The molecule has 82 valence electrons. The lowest BCUT2D eigenvalue weighted by molar-refractivity contribution is -0.121. The molecule has 1 atom stereocenters. The van der Waals surface area contributed by atoms with Crippen molar-refractivity contribution >= 4 is 17.5 Å². The van der Waals surface area contributed by atoms with Crippen molar-refractivity contribution < 1.29 is 4.79 Å². The van der Waals surface area contributed by atoms with Gasteiger partial charge in [0.1, 0.15) is 17.7 Å². The summed E-state index contributed by atoms with van der Waals surface area (Å²) in [6.07, 6.45) is 2.97. The Hall–Kier alpha value is -1.85. The smallest absolute Gasteiger partial charge is 0.242 e. The number of nitrogens with one attached hydrogen (secondary N) is 2. The van der Waals surface area contributed by atoms with Crippen molar-refractivity contribution in [1.82, 2.24) is 15.3 Å². The molecule has 1 rings (SSSR count). The summed E-state index contributed by atoms with van der Waals surface area (Å²) >= 11 is 0. The molecule has 0 bridgehead atoms. The highest BCUT2D eigenvalue weighted by molar-refractivity contribution is 5.83. The highest BCUT2D eigenvalue weighted by atomic mass is 16.2. The van der Waals surface area contributed by atoms with Gasteiger partial charge in [-0.25, -0.2) is 4.98 Å². The van der Waals surface area contributed by atoms with E-state index >= 15 is 0 Å². The fourth-order valence-electron chi connectivity index (χ4n) is 1.07. The summed E-state index contributed by atoms with van der Waals surface area (Å²) < 4.78 is 0. The quantitative estimate of drug-likeness (QED) is 0.648. The number of hydrogen-bond donors (Lipinski definition) is 3. The Labute approximate surface area is 88.3 Å². The van der Waals surface area contributed by atoms with E-state index in [1.165, 1.54) is 12.4 Å². The molecule has 0 fully saturated rings. The van der Waals surface area contributed by atoms with Gasteiger partial charge < -0.3 is 16.4 Å². The molecule has 1 aromatic rings. The standard InChI is InChI=1S/C9H15N5O/c1-3-12-9(15)6(2)13-8-5-11-4-7(10)14-8/h4-6H,3H2,1-2H3,(H,12,15)(H3,10,13,14). The molecule has 1 unspecified atom stereocenters. The second kappa shape index (κ2) is 5.14. The number of likely N-dealkylation sites (N-methyl/N-ethyl adjacent to an activating group) is 1. The zero-order valence-corrected chi connectivity index (χ0v) is 8.82. The summed E-state index contributed by atoms with van der Waals surface area (Å²) in [5, 5.41) is 5.60. The number of nitrogens with zero attached hydrogens (tertiary/aromatic N) is 2. The fourth-order valence-corrected chi connectivity index (χ4v) is 1.07. The van der Waals surface area contributed by atoms with Crippen LogP contribution in [0.4, 0.5) is 11.6 Å². The van der Waals surface area contributed by atoms with E-state index in [1.54, 1.807) is 6.92 Å². The Balaban J connectivity index is 2.58. The summed E-state index contributed by atoms with van der Waals surface area (Å²) in [6.45, 7) is 4.22. The molecule has 1 amide bonds. The van der Waals surface area contributed by atoms with Crippen molar-refractivity contribution in [3.63, 3.8) is 0 Å². The zero-order valence-electron chi connectivity index (χ0n) is 8.82. The molecule has 4 N–H and O–H groups in total. The minimum Gasteiger partial charge on any atom is -0.382 e. The predicted octanol–water partition coefficient (Wildman–Crippen LogP) is -0.00470. The molecule has 0 aliphatic heterocycles. The Morgan fingerprint density at radius 3 is 2.93 bits per heavy atom. The maximum Gasteiger partial charge on any atom is 0.242 e. The molecule has 0 spiro atoms. The van der Waals surface area contributed by atoms with Gasteiger partial charge in [-0.05, 0) is 13.8 Å². The SMILES string of the molecule is CCNC(=O)C(C)Nc1cncc(N)n1. The van der Waals surface area contributed by atoms with Crippen LogP contribution in [0.1, 0.15) is 13.8 Å². The van der Waals surface area contributed by atoms with Crippen LogP contribution in [0.15, 0.2) is 12.4 Å². The Morgan fingerprint density at radius 2 is 2.33 bits per heavy atom. The number of aromatic nitrogens is 2. The van der Waals surface area contributed by atoms with Gasteiger partial charge in [0.2, 0.25) is 5.91 Å². The monoisotopic (exact) mass is 209 g/mol. The zero-order chi connectivity index (χ0) is 11.3. The third-order valence-corrected chi connectivity index (χ3v) is 1.76. The number of amides is 1. The molecule has 0 saturated heterocycles. The second-order valence-corrected chi connectivity index (χ2v) is 3.09. The summed E-state index contributed by atoms with van der Waals surface area (Å²) in [7, 11) is 0. The number of nitrogens with two attached hydrogens (primary N) is 1. The first-order chi connectivity index (χ1) is 7.13. The number of carbonyl (C=O) groups excluding carboxylic acids is 1. The minimum atomic E-state index is -0.360. The van der Waals surface area contributed by atoms with Crippen LogP contribution in [-0.4, -0.2) is 28.5 Å². The van der Waals surface area contributed by atoms with Gasteiger partial charge in [0.15, 0.2) is 0 Å². The lowest BCUT2D eigenvalue weighted by Crippen LogP contribution is -2.37. The van der Waals surface area contributed by atoms with Gasteiger partial charge in [0.05, 0.1) is 12.4 Å². The normalized spacial score (nSPS) is 11.9. The maximum absolute atomic E-state index is 11.4. The van der Waals surface area contributed by atoms with Gasteiger partial charge in [0.25, 0.3) is 0 Å². The average molecular weight is 209 g/mol. The van der Waals surface area contributed by atoms with E-state index in [0.29, 0.717) is 18.2 Å². The Morgan fingerprint density at radius 1 is 1.60 bits per heavy atom. The molecule has 0 aromatic carbocycles. The fraction of sp³-hybridized carbons (Fsp3) is 0.444. The molecule has 1 aromatic heterocycles. The van der Waals surface area contributed by atoms with Crippen LogP contribution in [0, 0.1) is 0 Å². The Bertz CT molecular complexity index is 341. The molecule has 6 nitrogen and oxygen atoms in total. The highest BCUT2D eigenvalue weighted by Crippen LogP contribution is 2.04. The number of nitrogen functional groups attached to an aromatic ring is 1. The van der Waals surface area contributed by atoms with Crippen molar-refractivity contribution in [3.8, 4) is 0 Å². The first-order valence-corrected chi connectivity index (χ1v) is 4.75. The van der Waals surface area contributed by atoms with Gasteiger partial charge in [-0.2, -0.15) is 0 Å². The molecule has 1 heterocycles. The van der Waals surface area contributed by atoms with Gasteiger partial charge in [-0.1, -0.05) is 0 Å². The Kier molecular flexibility index (Phi) is 3.84. The first-order valence-electron chi connectivity index (χ1n) is 4.75. The van der Waals surface area contributed by atoms with Gasteiger partial charge >= 0.3 is 0 Å². The molecular formula is C9H15N5O. The molecule has 0 aliphatic carbocycles. The lowest BCUT2D eigenvalue weighted by Gasteiger charge is -2.13. The summed E-state index contributed by atoms with van der Waals surface area (Å²) in [6, 6.07) is -0.360. The molecule has 6 heteroatoms. The highest BCUT2D eigenvalue weighted by Gasteiger charge is 2.11. The lowest BCUT2D eigenvalue weighted by atomic mass is 10.3. The van der Waals surface area contributed by atoms with Crippen LogP contribution < -0.4 is 16.4 Å². The minimum absolute atomic E-state index is 0.0817. The predicted molar refractivity (Wildman–Crippen MR) is 58.2 cm³/mol. The summed E-state index contributed by atoms with van der Waals surface area (Å²) in [4.78, 5) is 19.2. The van der Waals surface area contributed by atoms with Crippen molar-refractivity contribution in [1.29, 1.82) is 0 Å². The topological polar surface area (TPSA) is 92.9 Å². The van der Waals surface area contributed by atoms with Crippen LogP contribution in [0.3, 0.4) is 0 Å². The largest absolute Gasteiger partial charge is 0.382 e. The van der Waals surface area contributed by atoms with E-state index in [9.17, 15) is 4.79 Å². The number of hydrogen-bond acceptors (Lipinski definition) is 5. The third kappa shape index (κ3) is 3.41. The van der Waals surface area contributed by atoms with Crippen LogP contribution >= 0.6 is 0 Å². The van der Waals surface area contributed by atoms with E-state index in [0.717, 1.165) is 0 Å². The average Bonchev–Trinajstić information content (AvgIpc) is 2.18. The number of rotatable bonds is 4. The second-order valence-electron chi connectivity index (χ2n) is 3.09. The van der Waals surface area contributed by atoms with Crippen molar-refractivity contribution in [2.45, 2.75) is 19.9 Å². The first kappa shape index (κ1) is 11.2. The van der Waals surface area contributed by atoms with Crippen LogP contribution in [0.5, 0.6) is 0 Å².